The highest BCUT2D eigenvalue weighted by Crippen LogP contribution is 2.43. The van der Waals surface area contributed by atoms with Crippen LogP contribution in [0.25, 0.3) is 0 Å². The summed E-state index contributed by atoms with van der Waals surface area (Å²) in [5.74, 6) is 0. The maximum absolute atomic E-state index is 12.4. The smallest absolute Gasteiger partial charge is 0.240 e. The monoisotopic (exact) mass is 298 g/mol. The Labute approximate surface area is 120 Å². The Bertz CT molecular complexity index is 591. The van der Waals surface area contributed by atoms with Crippen LogP contribution < -0.4 is 10.5 Å². The number of ether oxygens (including phenoxy) is 1. The number of methoxy groups -OCH3 is 1. The summed E-state index contributed by atoms with van der Waals surface area (Å²) in [6.07, 6.45) is 0.766. The molecule has 2 rings (SSSR count). The van der Waals surface area contributed by atoms with Crippen LogP contribution in [0.5, 0.6) is 0 Å². The van der Waals surface area contributed by atoms with Gasteiger partial charge in [0.25, 0.3) is 0 Å². The van der Waals surface area contributed by atoms with Gasteiger partial charge < -0.3 is 10.5 Å². The van der Waals surface area contributed by atoms with Crippen LogP contribution >= 0.6 is 0 Å². The lowest BCUT2D eigenvalue weighted by Crippen LogP contribution is -2.61. The van der Waals surface area contributed by atoms with Gasteiger partial charge in [-0.2, -0.15) is 0 Å². The van der Waals surface area contributed by atoms with E-state index in [4.69, 9.17) is 10.5 Å². The molecule has 6 heteroatoms. The average molecular weight is 298 g/mol. The van der Waals surface area contributed by atoms with Gasteiger partial charge in [0, 0.05) is 24.3 Å². The summed E-state index contributed by atoms with van der Waals surface area (Å²) in [7, 11) is -1.90. The summed E-state index contributed by atoms with van der Waals surface area (Å²) >= 11 is 0. The molecule has 0 radical (unpaired) electrons. The lowest BCUT2D eigenvalue weighted by molar-refractivity contribution is -0.0908. The van der Waals surface area contributed by atoms with E-state index in [0.29, 0.717) is 12.1 Å². The topological polar surface area (TPSA) is 81.4 Å². The van der Waals surface area contributed by atoms with E-state index in [1.54, 1.807) is 19.2 Å². The largest absolute Gasteiger partial charge is 0.399 e. The summed E-state index contributed by atoms with van der Waals surface area (Å²) in [6, 6.07) is 4.72. The van der Waals surface area contributed by atoms with Crippen LogP contribution in [0.2, 0.25) is 0 Å². The van der Waals surface area contributed by atoms with Crippen molar-refractivity contribution in [2.24, 2.45) is 5.41 Å². The number of hydrogen-bond acceptors (Lipinski definition) is 4. The summed E-state index contributed by atoms with van der Waals surface area (Å²) in [6.45, 7) is 5.83. The molecule has 1 fully saturated rings. The van der Waals surface area contributed by atoms with Crippen molar-refractivity contribution in [3.8, 4) is 0 Å². The zero-order valence-corrected chi connectivity index (χ0v) is 13.1. The van der Waals surface area contributed by atoms with Gasteiger partial charge in [-0.3, -0.25) is 0 Å². The fourth-order valence-corrected chi connectivity index (χ4v) is 4.22. The SMILES string of the molecule is COC1CC(NS(=O)(=O)c2cc(C)cc(N)c2)C1(C)C. The highest BCUT2D eigenvalue weighted by atomic mass is 32.2. The Morgan fingerprint density at radius 1 is 1.35 bits per heavy atom. The van der Waals surface area contributed by atoms with E-state index in [-0.39, 0.29) is 22.5 Å². The molecule has 0 aliphatic heterocycles. The summed E-state index contributed by atoms with van der Waals surface area (Å²) < 4.78 is 32.9. The van der Waals surface area contributed by atoms with Gasteiger partial charge in [-0.1, -0.05) is 13.8 Å². The average Bonchev–Trinajstić information content (AvgIpc) is 2.32. The van der Waals surface area contributed by atoms with E-state index >= 15 is 0 Å². The first-order valence-electron chi connectivity index (χ1n) is 6.59. The second-order valence-electron chi connectivity index (χ2n) is 6.03. The predicted octanol–water partition coefficient (Wildman–Crippen LogP) is 1.67. The number of nitrogens with one attached hydrogen (secondary N) is 1. The number of aryl methyl sites for hydroxylation is 1. The third-order valence-electron chi connectivity index (χ3n) is 4.14. The summed E-state index contributed by atoms with van der Waals surface area (Å²) in [5.41, 5.74) is 6.79. The van der Waals surface area contributed by atoms with Gasteiger partial charge in [-0.05, 0) is 37.1 Å². The first-order valence-corrected chi connectivity index (χ1v) is 8.07. The second kappa shape index (κ2) is 5.02. The Morgan fingerprint density at radius 2 is 2.00 bits per heavy atom. The lowest BCUT2D eigenvalue weighted by atomic mass is 9.65. The Morgan fingerprint density at radius 3 is 2.50 bits per heavy atom. The van der Waals surface area contributed by atoms with Crippen molar-refractivity contribution in [1.82, 2.24) is 4.72 Å². The predicted molar refractivity (Wildman–Crippen MR) is 78.9 cm³/mol. The van der Waals surface area contributed by atoms with E-state index < -0.39 is 10.0 Å². The standard InChI is InChI=1S/C14H22N2O3S/c1-9-5-10(15)7-11(6-9)20(17,18)16-12-8-13(19-4)14(12,2)3/h5-7,12-13,16H,8,15H2,1-4H3. The number of nitrogen functional groups attached to an aromatic ring is 1. The molecule has 0 heterocycles. The van der Waals surface area contributed by atoms with Crippen molar-refractivity contribution in [2.45, 2.75) is 44.2 Å². The fraction of sp³-hybridized carbons (Fsp3) is 0.571. The van der Waals surface area contributed by atoms with Gasteiger partial charge >= 0.3 is 0 Å². The highest BCUT2D eigenvalue weighted by molar-refractivity contribution is 7.89. The fourth-order valence-electron chi connectivity index (χ4n) is 2.67. The minimum absolute atomic E-state index is 0.0813. The Kier molecular flexibility index (Phi) is 3.83. The van der Waals surface area contributed by atoms with Crippen molar-refractivity contribution in [1.29, 1.82) is 0 Å². The number of benzene rings is 1. The minimum Gasteiger partial charge on any atom is -0.399 e. The number of nitrogens with two attached hydrogens (primary N) is 1. The number of anilines is 1. The third-order valence-corrected chi connectivity index (χ3v) is 5.59. The van der Waals surface area contributed by atoms with Crippen LogP contribution in [0, 0.1) is 12.3 Å². The summed E-state index contributed by atoms with van der Waals surface area (Å²) in [5, 5.41) is 0. The molecule has 0 spiro atoms. The first kappa shape index (κ1) is 15.3. The number of hydrogen-bond donors (Lipinski definition) is 2. The van der Waals surface area contributed by atoms with E-state index in [2.05, 4.69) is 4.72 Å². The molecule has 1 aliphatic carbocycles. The number of sulfonamides is 1. The molecule has 20 heavy (non-hydrogen) atoms. The highest BCUT2D eigenvalue weighted by Gasteiger charge is 2.50. The van der Waals surface area contributed by atoms with Gasteiger partial charge in [0.2, 0.25) is 10.0 Å². The maximum atomic E-state index is 12.4. The second-order valence-corrected chi connectivity index (χ2v) is 7.75. The molecular weight excluding hydrogens is 276 g/mol. The van der Waals surface area contributed by atoms with Gasteiger partial charge in [-0.15, -0.1) is 0 Å². The molecule has 1 saturated carbocycles. The van der Waals surface area contributed by atoms with E-state index in [1.807, 2.05) is 20.8 Å². The van der Waals surface area contributed by atoms with Gasteiger partial charge in [-0.25, -0.2) is 13.1 Å². The van der Waals surface area contributed by atoms with Crippen molar-refractivity contribution in [3.05, 3.63) is 23.8 Å². The Balaban J connectivity index is 2.21. The lowest BCUT2D eigenvalue weighted by Gasteiger charge is -2.50. The molecule has 0 bridgehead atoms. The third kappa shape index (κ3) is 2.68. The quantitative estimate of drug-likeness (QED) is 0.829. The molecule has 112 valence electrons. The Hall–Kier alpha value is -1.11. The van der Waals surface area contributed by atoms with E-state index in [9.17, 15) is 8.42 Å². The van der Waals surface area contributed by atoms with Gasteiger partial charge in [0.15, 0.2) is 0 Å². The molecule has 0 amide bonds. The maximum Gasteiger partial charge on any atom is 0.240 e. The molecule has 1 aliphatic rings. The molecule has 2 unspecified atom stereocenters. The molecule has 0 aromatic heterocycles. The number of rotatable bonds is 4. The van der Waals surface area contributed by atoms with Crippen molar-refractivity contribution in [2.75, 3.05) is 12.8 Å². The van der Waals surface area contributed by atoms with E-state index in [0.717, 1.165) is 5.56 Å². The van der Waals surface area contributed by atoms with E-state index in [1.165, 1.54) is 6.07 Å². The van der Waals surface area contributed by atoms with Crippen LogP contribution in [-0.2, 0) is 14.8 Å². The van der Waals surface area contributed by atoms with Gasteiger partial charge in [0.05, 0.1) is 11.0 Å². The summed E-state index contributed by atoms with van der Waals surface area (Å²) in [4.78, 5) is 0.215. The van der Waals surface area contributed by atoms with Crippen LogP contribution in [0.4, 0.5) is 5.69 Å². The first-order chi connectivity index (χ1) is 9.16. The molecule has 1 aromatic rings. The molecule has 5 nitrogen and oxygen atoms in total. The zero-order valence-electron chi connectivity index (χ0n) is 12.3. The molecule has 1 aromatic carbocycles. The minimum atomic E-state index is -3.55. The van der Waals surface area contributed by atoms with Crippen LogP contribution in [0.15, 0.2) is 23.1 Å². The molecule has 3 N–H and O–H groups in total. The molecule has 2 atom stereocenters. The molecular formula is C14H22N2O3S. The van der Waals surface area contributed by atoms with Crippen LogP contribution in [0.1, 0.15) is 25.8 Å². The van der Waals surface area contributed by atoms with Crippen LogP contribution in [-0.4, -0.2) is 27.7 Å². The van der Waals surface area contributed by atoms with Gasteiger partial charge in [0.1, 0.15) is 0 Å². The zero-order chi connectivity index (χ0) is 15.1. The van der Waals surface area contributed by atoms with Crippen molar-refractivity contribution < 1.29 is 13.2 Å². The molecule has 0 saturated heterocycles. The normalized spacial score (nSPS) is 25.2. The van der Waals surface area contributed by atoms with Crippen molar-refractivity contribution in [3.63, 3.8) is 0 Å². The van der Waals surface area contributed by atoms with Crippen molar-refractivity contribution >= 4 is 15.7 Å². The van der Waals surface area contributed by atoms with Crippen LogP contribution in [0.3, 0.4) is 0 Å².